The lowest BCUT2D eigenvalue weighted by molar-refractivity contribution is 0.101. The van der Waals surface area contributed by atoms with E-state index in [4.69, 9.17) is 4.99 Å². The number of carbonyl (C=O) groups is 1. The van der Waals surface area contributed by atoms with Crippen molar-refractivity contribution in [3.63, 3.8) is 0 Å². The van der Waals surface area contributed by atoms with Crippen LogP contribution >= 0.6 is 0 Å². The van der Waals surface area contributed by atoms with E-state index in [0.717, 1.165) is 23.5 Å². The summed E-state index contributed by atoms with van der Waals surface area (Å²) in [4.78, 5) is 16.3. The highest BCUT2D eigenvalue weighted by molar-refractivity contribution is 6.10. The molecular formula is C21H24N2O. The molecule has 0 atom stereocenters. The molecule has 0 bridgehead atoms. The second-order valence-corrected chi connectivity index (χ2v) is 7.30. The number of fused-ring (bicyclic) bond motifs is 1. The Balaban J connectivity index is 1.98. The van der Waals surface area contributed by atoms with Gasteiger partial charge >= 0.3 is 0 Å². The zero-order valence-corrected chi connectivity index (χ0v) is 15.0. The van der Waals surface area contributed by atoms with Crippen LogP contribution in [0.2, 0.25) is 0 Å². The standard InChI is InChI=1S/C21H24N2O/c1-13-10-17-12-21(4,5)23-20(19(17)11-14(13)2)22-18-8-6-16(7-9-18)15(3)24/h6-11H,12H2,1-5H3,(H,22,23). The molecule has 1 heterocycles. The van der Waals surface area contributed by atoms with Gasteiger partial charge < -0.3 is 5.32 Å². The Labute approximate surface area is 143 Å². The minimum absolute atomic E-state index is 0.0779. The zero-order chi connectivity index (χ0) is 17.5. The van der Waals surface area contributed by atoms with Crippen molar-refractivity contribution in [2.24, 2.45) is 4.99 Å². The van der Waals surface area contributed by atoms with E-state index in [-0.39, 0.29) is 11.3 Å². The normalized spacial score (nSPS) is 15.5. The minimum Gasteiger partial charge on any atom is -0.340 e. The highest BCUT2D eigenvalue weighted by atomic mass is 16.1. The number of nitrogens with zero attached hydrogens (tertiary/aromatic N) is 1. The van der Waals surface area contributed by atoms with Crippen molar-refractivity contribution in [1.29, 1.82) is 0 Å². The van der Waals surface area contributed by atoms with Crippen LogP contribution in [0.4, 0.5) is 5.69 Å². The van der Waals surface area contributed by atoms with E-state index in [9.17, 15) is 4.79 Å². The molecular weight excluding hydrogens is 296 g/mol. The third-order valence-corrected chi connectivity index (χ3v) is 4.57. The lowest BCUT2D eigenvalue weighted by Gasteiger charge is -2.30. The molecule has 3 nitrogen and oxygen atoms in total. The highest BCUT2D eigenvalue weighted by Crippen LogP contribution is 2.29. The number of anilines is 1. The molecule has 0 spiro atoms. The Morgan fingerprint density at radius 2 is 1.71 bits per heavy atom. The fourth-order valence-corrected chi connectivity index (χ4v) is 3.13. The van der Waals surface area contributed by atoms with Crippen LogP contribution in [-0.2, 0) is 6.42 Å². The molecule has 3 rings (SSSR count). The summed E-state index contributed by atoms with van der Waals surface area (Å²) >= 11 is 0. The van der Waals surface area contributed by atoms with Gasteiger partial charge in [0, 0.05) is 16.8 Å². The van der Waals surface area contributed by atoms with Crippen molar-refractivity contribution in [3.05, 3.63) is 64.2 Å². The maximum Gasteiger partial charge on any atom is 0.159 e. The van der Waals surface area contributed by atoms with E-state index in [1.165, 1.54) is 22.3 Å². The predicted molar refractivity (Wildman–Crippen MR) is 100 cm³/mol. The Hall–Kier alpha value is -2.42. The van der Waals surface area contributed by atoms with Crippen LogP contribution in [0.5, 0.6) is 0 Å². The van der Waals surface area contributed by atoms with Crippen molar-refractivity contribution in [2.45, 2.75) is 46.6 Å². The molecule has 1 N–H and O–H groups in total. The van der Waals surface area contributed by atoms with Crippen molar-refractivity contribution in [2.75, 3.05) is 5.32 Å². The van der Waals surface area contributed by atoms with Gasteiger partial charge in [0.05, 0.1) is 5.54 Å². The average molecular weight is 320 g/mol. The average Bonchev–Trinajstić information content (AvgIpc) is 2.49. The molecule has 0 radical (unpaired) electrons. The molecule has 24 heavy (non-hydrogen) atoms. The van der Waals surface area contributed by atoms with Gasteiger partial charge in [-0.25, -0.2) is 0 Å². The fraction of sp³-hybridized carbons (Fsp3) is 0.333. The second-order valence-electron chi connectivity index (χ2n) is 7.30. The molecule has 0 saturated carbocycles. The Bertz CT molecular complexity index is 830. The summed E-state index contributed by atoms with van der Waals surface area (Å²) in [5.41, 5.74) is 6.63. The lowest BCUT2D eigenvalue weighted by Crippen LogP contribution is -2.32. The highest BCUT2D eigenvalue weighted by Gasteiger charge is 2.27. The Morgan fingerprint density at radius 3 is 2.33 bits per heavy atom. The van der Waals surface area contributed by atoms with Gasteiger partial charge in [-0.1, -0.05) is 6.07 Å². The van der Waals surface area contributed by atoms with Gasteiger partial charge in [-0.05, 0) is 88.1 Å². The monoisotopic (exact) mass is 320 g/mol. The smallest absolute Gasteiger partial charge is 0.159 e. The second kappa shape index (κ2) is 5.90. The number of amidine groups is 1. The van der Waals surface area contributed by atoms with Crippen molar-refractivity contribution in [3.8, 4) is 0 Å². The molecule has 0 fully saturated rings. The maximum atomic E-state index is 11.4. The molecule has 0 saturated heterocycles. The summed E-state index contributed by atoms with van der Waals surface area (Å²) in [5.74, 6) is 0.981. The molecule has 0 amide bonds. The molecule has 0 aliphatic carbocycles. The first kappa shape index (κ1) is 16.4. The quantitative estimate of drug-likeness (QED) is 0.815. The summed E-state index contributed by atoms with van der Waals surface area (Å²) < 4.78 is 0. The Kier molecular flexibility index (Phi) is 4.04. The summed E-state index contributed by atoms with van der Waals surface area (Å²) in [6.45, 7) is 10.2. The number of hydrogen-bond donors (Lipinski definition) is 1. The molecule has 0 unspecified atom stereocenters. The van der Waals surface area contributed by atoms with E-state index in [1.54, 1.807) is 6.92 Å². The van der Waals surface area contributed by atoms with Crippen molar-refractivity contribution >= 4 is 17.3 Å². The van der Waals surface area contributed by atoms with E-state index in [0.29, 0.717) is 0 Å². The Morgan fingerprint density at radius 1 is 1.08 bits per heavy atom. The number of aryl methyl sites for hydroxylation is 2. The van der Waals surface area contributed by atoms with Gasteiger partial charge in [0.1, 0.15) is 5.84 Å². The molecule has 124 valence electrons. The van der Waals surface area contributed by atoms with Gasteiger partial charge in [0.15, 0.2) is 5.78 Å². The summed E-state index contributed by atoms with van der Waals surface area (Å²) in [5, 5.41) is 3.44. The van der Waals surface area contributed by atoms with Gasteiger partial charge in [-0.15, -0.1) is 0 Å². The summed E-state index contributed by atoms with van der Waals surface area (Å²) in [7, 11) is 0. The number of ketones is 1. The van der Waals surface area contributed by atoms with Crippen LogP contribution in [0.1, 0.15) is 53.4 Å². The lowest BCUT2D eigenvalue weighted by atomic mass is 9.86. The third-order valence-electron chi connectivity index (χ3n) is 4.57. The van der Waals surface area contributed by atoms with Gasteiger partial charge in [-0.2, -0.15) is 0 Å². The molecule has 2 aromatic rings. The maximum absolute atomic E-state index is 11.4. The number of Topliss-reactive ketones (excluding diaryl/α,β-unsaturated/α-hetero) is 1. The van der Waals surface area contributed by atoms with Gasteiger partial charge in [0.2, 0.25) is 0 Å². The van der Waals surface area contributed by atoms with E-state index in [2.05, 4.69) is 45.1 Å². The van der Waals surface area contributed by atoms with E-state index in [1.807, 2.05) is 24.3 Å². The number of carbonyl (C=O) groups excluding carboxylic acids is 1. The van der Waals surface area contributed by atoms with Crippen LogP contribution < -0.4 is 5.32 Å². The SMILES string of the molecule is CC(=O)c1ccc(NC2=NC(C)(C)Cc3cc(C)c(C)cc32)cc1. The number of aliphatic imine (C=N–C) groups is 1. The first-order chi connectivity index (χ1) is 11.2. The molecule has 3 heteroatoms. The molecule has 0 aromatic heterocycles. The van der Waals surface area contributed by atoms with Crippen molar-refractivity contribution in [1.82, 2.24) is 0 Å². The number of nitrogens with one attached hydrogen (secondary N) is 1. The van der Waals surface area contributed by atoms with Crippen LogP contribution in [0.15, 0.2) is 41.4 Å². The summed E-state index contributed by atoms with van der Waals surface area (Å²) in [6.07, 6.45) is 0.942. The molecule has 1 aliphatic heterocycles. The van der Waals surface area contributed by atoms with Gasteiger partial charge in [-0.3, -0.25) is 9.79 Å². The predicted octanol–water partition coefficient (Wildman–Crippen LogP) is 4.70. The van der Waals surface area contributed by atoms with Crippen LogP contribution in [-0.4, -0.2) is 17.2 Å². The van der Waals surface area contributed by atoms with E-state index < -0.39 is 0 Å². The number of benzene rings is 2. The molecule has 2 aromatic carbocycles. The number of hydrogen-bond acceptors (Lipinski definition) is 3. The zero-order valence-electron chi connectivity index (χ0n) is 15.0. The van der Waals surface area contributed by atoms with Gasteiger partial charge in [0.25, 0.3) is 0 Å². The van der Waals surface area contributed by atoms with Crippen LogP contribution in [0, 0.1) is 13.8 Å². The topological polar surface area (TPSA) is 41.5 Å². The largest absolute Gasteiger partial charge is 0.340 e. The molecule has 1 aliphatic rings. The fourth-order valence-electron chi connectivity index (χ4n) is 3.13. The minimum atomic E-state index is -0.129. The first-order valence-corrected chi connectivity index (χ1v) is 8.33. The summed E-state index contributed by atoms with van der Waals surface area (Å²) in [6, 6.07) is 12.1. The van der Waals surface area contributed by atoms with Crippen LogP contribution in [0.3, 0.4) is 0 Å². The van der Waals surface area contributed by atoms with E-state index >= 15 is 0 Å². The van der Waals surface area contributed by atoms with Crippen LogP contribution in [0.25, 0.3) is 0 Å². The third kappa shape index (κ3) is 3.25. The van der Waals surface area contributed by atoms with Crippen molar-refractivity contribution < 1.29 is 4.79 Å². The first-order valence-electron chi connectivity index (χ1n) is 8.33. The number of rotatable bonds is 2.